The van der Waals surface area contributed by atoms with Crippen LogP contribution in [0.1, 0.15) is 45.3 Å². The molecule has 2 aromatic rings. The van der Waals surface area contributed by atoms with Crippen LogP contribution in [-0.4, -0.2) is 66.2 Å². The number of anilines is 1. The van der Waals surface area contributed by atoms with E-state index < -0.39 is 30.3 Å². The van der Waals surface area contributed by atoms with Gasteiger partial charge in [-0.2, -0.15) is 0 Å². The van der Waals surface area contributed by atoms with Crippen molar-refractivity contribution in [1.82, 2.24) is 19.5 Å². The summed E-state index contributed by atoms with van der Waals surface area (Å²) in [7, 11) is 0. The van der Waals surface area contributed by atoms with E-state index in [2.05, 4.69) is 20.3 Å². The summed E-state index contributed by atoms with van der Waals surface area (Å²) in [6.45, 7) is 2.27. The predicted molar refractivity (Wildman–Crippen MR) is 110 cm³/mol. The fourth-order valence-electron chi connectivity index (χ4n) is 3.65. The fourth-order valence-corrected chi connectivity index (χ4v) is 3.65. The van der Waals surface area contributed by atoms with Gasteiger partial charge in [0.15, 0.2) is 17.0 Å². The molecule has 1 unspecified atom stereocenters. The first-order valence-electron chi connectivity index (χ1n) is 10.3. The Morgan fingerprint density at radius 2 is 2.20 bits per heavy atom. The van der Waals surface area contributed by atoms with Gasteiger partial charge < -0.3 is 25.4 Å². The Bertz CT molecular complexity index is 870. The molecule has 2 aromatic heterocycles. The van der Waals surface area contributed by atoms with Crippen molar-refractivity contribution >= 4 is 23.0 Å². The molecule has 3 heterocycles. The lowest BCUT2D eigenvalue weighted by atomic mass is 10.0. The van der Waals surface area contributed by atoms with Crippen LogP contribution in [0.3, 0.4) is 0 Å². The maximum absolute atomic E-state index is 11.1. The molecular formula is C20H29N5O5. The smallest absolute Gasteiger partial charge is 0.310 e. The van der Waals surface area contributed by atoms with Gasteiger partial charge in [-0.3, -0.25) is 9.36 Å². The third-order valence-corrected chi connectivity index (χ3v) is 5.28. The number of nitrogens with one attached hydrogen (secondary N) is 1. The van der Waals surface area contributed by atoms with Gasteiger partial charge in [-0.1, -0.05) is 25.0 Å². The lowest BCUT2D eigenvalue weighted by molar-refractivity contribution is -0.140. The van der Waals surface area contributed by atoms with Crippen LogP contribution in [0.15, 0.2) is 24.8 Å². The molecule has 4 atom stereocenters. The number of ether oxygens (including phenoxy) is 1. The van der Waals surface area contributed by atoms with Crippen molar-refractivity contribution in [1.29, 1.82) is 0 Å². The quantitative estimate of drug-likeness (QED) is 0.316. The molecule has 1 aliphatic heterocycles. The zero-order valence-electron chi connectivity index (χ0n) is 17.0. The van der Waals surface area contributed by atoms with E-state index in [9.17, 15) is 15.0 Å². The van der Waals surface area contributed by atoms with Crippen LogP contribution in [0, 0.1) is 5.92 Å². The van der Waals surface area contributed by atoms with Crippen molar-refractivity contribution in [2.75, 3.05) is 18.5 Å². The molecule has 0 aliphatic carbocycles. The highest BCUT2D eigenvalue weighted by molar-refractivity contribution is 5.82. The van der Waals surface area contributed by atoms with Crippen LogP contribution in [0.4, 0.5) is 5.82 Å². The monoisotopic (exact) mass is 419 g/mol. The summed E-state index contributed by atoms with van der Waals surface area (Å²) in [6.07, 6.45) is 8.39. The molecule has 4 N–H and O–H groups in total. The number of aromatic nitrogens is 4. The fraction of sp³-hybridized carbons (Fsp3) is 0.600. The average molecular weight is 419 g/mol. The molecule has 0 bridgehead atoms. The highest BCUT2D eigenvalue weighted by Crippen LogP contribution is 2.31. The van der Waals surface area contributed by atoms with Gasteiger partial charge in [0.05, 0.1) is 25.0 Å². The minimum Gasteiger partial charge on any atom is -0.481 e. The van der Waals surface area contributed by atoms with Gasteiger partial charge in [0.25, 0.3) is 0 Å². The number of nitrogens with zero attached hydrogens (tertiary/aromatic N) is 4. The van der Waals surface area contributed by atoms with Crippen LogP contribution in [0.2, 0.25) is 0 Å². The molecule has 0 spiro atoms. The minimum atomic E-state index is -0.783. The Balaban J connectivity index is 1.53. The summed E-state index contributed by atoms with van der Waals surface area (Å²) < 4.78 is 7.43. The average Bonchev–Trinajstić information content (AvgIpc) is 3.32. The summed E-state index contributed by atoms with van der Waals surface area (Å²) in [5.41, 5.74) is 1.21. The first-order chi connectivity index (χ1) is 14.5. The van der Waals surface area contributed by atoms with Gasteiger partial charge in [-0.05, 0) is 19.8 Å². The zero-order chi connectivity index (χ0) is 21.5. The minimum absolute atomic E-state index is 0.242. The van der Waals surface area contributed by atoms with Gasteiger partial charge in [0.2, 0.25) is 0 Å². The third-order valence-electron chi connectivity index (χ3n) is 5.28. The van der Waals surface area contributed by atoms with Crippen LogP contribution in [0.25, 0.3) is 11.2 Å². The number of carboxylic acid groups (broad SMARTS) is 1. The summed E-state index contributed by atoms with van der Waals surface area (Å²) >= 11 is 0. The molecule has 164 valence electrons. The van der Waals surface area contributed by atoms with Gasteiger partial charge in [0, 0.05) is 13.0 Å². The number of carboxylic acids is 1. The second kappa shape index (κ2) is 10.5. The summed E-state index contributed by atoms with van der Waals surface area (Å²) in [5.74, 6) is -0.585. The SMILES string of the molecule is C/C=C/C(CCCCCNc1ncnc2c1ncn2[C@H]1C[C@H](O)[C@@H](CO)O1)C(=O)O. The number of rotatable bonds is 11. The van der Waals surface area contributed by atoms with Crippen LogP contribution < -0.4 is 5.32 Å². The van der Waals surface area contributed by atoms with E-state index >= 15 is 0 Å². The Kier molecular flexibility index (Phi) is 7.72. The van der Waals surface area contributed by atoms with Crippen molar-refractivity contribution in [3.63, 3.8) is 0 Å². The van der Waals surface area contributed by atoms with E-state index in [1.54, 1.807) is 23.0 Å². The maximum Gasteiger partial charge on any atom is 0.310 e. The number of hydrogen-bond donors (Lipinski definition) is 4. The van der Waals surface area contributed by atoms with E-state index in [1.165, 1.54) is 6.33 Å². The van der Waals surface area contributed by atoms with Crippen molar-refractivity contribution in [3.8, 4) is 0 Å². The number of imidazole rings is 1. The van der Waals surface area contributed by atoms with E-state index in [0.717, 1.165) is 19.3 Å². The molecule has 3 rings (SSSR count). The zero-order valence-corrected chi connectivity index (χ0v) is 17.0. The van der Waals surface area contributed by atoms with Gasteiger partial charge in [-0.15, -0.1) is 0 Å². The van der Waals surface area contributed by atoms with E-state index in [-0.39, 0.29) is 6.61 Å². The second-order valence-electron chi connectivity index (χ2n) is 7.41. The Labute approximate surface area is 174 Å². The van der Waals surface area contributed by atoms with Crippen molar-refractivity contribution in [3.05, 3.63) is 24.8 Å². The predicted octanol–water partition coefficient (Wildman–Crippen LogP) is 1.72. The molecule has 10 nitrogen and oxygen atoms in total. The molecule has 1 saturated heterocycles. The van der Waals surface area contributed by atoms with E-state index in [4.69, 9.17) is 9.84 Å². The van der Waals surface area contributed by atoms with Gasteiger partial charge in [0.1, 0.15) is 18.7 Å². The number of aliphatic hydroxyl groups is 2. The summed E-state index contributed by atoms with van der Waals surface area (Å²) in [5, 5.41) is 31.7. The van der Waals surface area contributed by atoms with Crippen molar-refractivity contribution in [2.24, 2.45) is 5.92 Å². The van der Waals surface area contributed by atoms with Crippen molar-refractivity contribution in [2.45, 2.75) is 57.5 Å². The van der Waals surface area contributed by atoms with Crippen LogP contribution >= 0.6 is 0 Å². The number of hydrogen-bond acceptors (Lipinski definition) is 8. The molecule has 1 aliphatic rings. The maximum atomic E-state index is 11.1. The largest absolute Gasteiger partial charge is 0.481 e. The molecule has 1 fully saturated rings. The molecule has 30 heavy (non-hydrogen) atoms. The number of aliphatic hydroxyl groups excluding tert-OH is 2. The number of unbranched alkanes of at least 4 members (excludes halogenated alkanes) is 2. The molecule has 0 aromatic carbocycles. The Morgan fingerprint density at radius 1 is 1.37 bits per heavy atom. The number of allylic oxidation sites excluding steroid dienone is 1. The molecule has 10 heteroatoms. The summed E-state index contributed by atoms with van der Waals surface area (Å²) in [6, 6.07) is 0. The number of carbonyl (C=O) groups is 1. The van der Waals surface area contributed by atoms with Gasteiger partial charge in [-0.25, -0.2) is 15.0 Å². The Morgan fingerprint density at radius 3 is 2.90 bits per heavy atom. The third kappa shape index (κ3) is 5.13. The van der Waals surface area contributed by atoms with Crippen molar-refractivity contribution < 1.29 is 24.9 Å². The normalized spacial score (nSPS) is 22.7. The number of aliphatic carboxylic acids is 1. The second-order valence-corrected chi connectivity index (χ2v) is 7.41. The Hall–Kier alpha value is -2.56. The summed E-state index contributed by atoms with van der Waals surface area (Å²) in [4.78, 5) is 24.1. The topological polar surface area (TPSA) is 143 Å². The standard InChI is InChI=1S/C20H29N5O5/c1-2-6-13(20(28)29)7-4-3-5-8-21-18-17-19(23-11-22-18)25(12-24-17)16-9-14(27)15(10-26)30-16/h2,6,11-16,26-27H,3-5,7-10H2,1H3,(H,28,29)(H,21,22,23)/b6-2+/t13?,14-,15+,16+/m0/s1. The first-order valence-corrected chi connectivity index (χ1v) is 10.3. The number of fused-ring (bicyclic) bond motifs is 1. The van der Waals surface area contributed by atoms with E-state index in [1.807, 2.05) is 6.92 Å². The molecule has 0 saturated carbocycles. The van der Waals surface area contributed by atoms with Crippen LogP contribution in [-0.2, 0) is 9.53 Å². The molecule has 0 radical (unpaired) electrons. The lowest BCUT2D eigenvalue weighted by Crippen LogP contribution is -2.24. The lowest BCUT2D eigenvalue weighted by Gasteiger charge is -2.13. The highest BCUT2D eigenvalue weighted by Gasteiger charge is 2.35. The van der Waals surface area contributed by atoms with E-state index in [0.29, 0.717) is 36.4 Å². The van der Waals surface area contributed by atoms with Gasteiger partial charge >= 0.3 is 5.97 Å². The first kappa shape index (κ1) is 22.1. The van der Waals surface area contributed by atoms with Crippen LogP contribution in [0.5, 0.6) is 0 Å². The highest BCUT2D eigenvalue weighted by atomic mass is 16.5. The molecular weight excluding hydrogens is 390 g/mol. The molecule has 0 amide bonds.